The molecule has 0 bridgehead atoms. The largest absolute Gasteiger partial charge is 0.369 e. The van der Waals surface area contributed by atoms with Crippen LogP contribution in [0, 0.1) is 0 Å². The summed E-state index contributed by atoms with van der Waals surface area (Å²) in [5.74, 6) is 0. The quantitative estimate of drug-likeness (QED) is 0.462. The van der Waals surface area contributed by atoms with Gasteiger partial charge in [-0.1, -0.05) is 18.2 Å². The Morgan fingerprint density at radius 1 is 1.18 bits per heavy atom. The summed E-state index contributed by atoms with van der Waals surface area (Å²) < 4.78 is 0. The van der Waals surface area contributed by atoms with Crippen molar-refractivity contribution in [2.24, 2.45) is 4.99 Å². The fraction of sp³-hybridized carbons (Fsp3) is 0.222. The molecule has 0 saturated carbocycles. The van der Waals surface area contributed by atoms with Crippen molar-refractivity contribution >= 4 is 12.0 Å². The number of benzene rings is 1. The molecule has 0 heterocycles. The van der Waals surface area contributed by atoms with Gasteiger partial charge in [-0.15, -0.1) is 0 Å². The molecule has 58 valence electrons. The molecule has 0 unspecified atom stereocenters. The Morgan fingerprint density at radius 2 is 1.82 bits per heavy atom. The molecular weight excluding hydrogens is 136 g/mol. The van der Waals surface area contributed by atoms with Crippen LogP contribution in [-0.4, -0.2) is 25.3 Å². The van der Waals surface area contributed by atoms with Crippen LogP contribution in [0.5, 0.6) is 0 Å². The van der Waals surface area contributed by atoms with Gasteiger partial charge in [0.25, 0.3) is 0 Å². The van der Waals surface area contributed by atoms with E-state index in [1.807, 2.05) is 49.3 Å². The molecule has 2 heteroatoms. The summed E-state index contributed by atoms with van der Waals surface area (Å²) in [7, 11) is 3.90. The van der Waals surface area contributed by atoms with Crippen LogP contribution in [-0.2, 0) is 0 Å². The Kier molecular flexibility index (Phi) is 2.66. The Labute approximate surface area is 67.2 Å². The number of hydrogen-bond acceptors (Lipinski definition) is 1. The maximum atomic E-state index is 4.21. The van der Waals surface area contributed by atoms with Gasteiger partial charge in [0.05, 0.1) is 12.0 Å². The zero-order valence-electron chi connectivity index (χ0n) is 6.86. The Balaban J connectivity index is 2.65. The lowest BCUT2D eigenvalue weighted by atomic mass is 10.3. The molecule has 0 aliphatic rings. The van der Waals surface area contributed by atoms with Crippen LogP contribution < -0.4 is 0 Å². The summed E-state index contributed by atoms with van der Waals surface area (Å²) >= 11 is 0. The molecular formula is C9H12N2. The third-order valence-corrected chi connectivity index (χ3v) is 1.19. The second-order valence-electron chi connectivity index (χ2n) is 2.54. The summed E-state index contributed by atoms with van der Waals surface area (Å²) in [4.78, 5) is 6.12. The number of hydrogen-bond donors (Lipinski definition) is 0. The molecule has 0 spiro atoms. The summed E-state index contributed by atoms with van der Waals surface area (Å²) in [5.41, 5.74) is 0.987. The van der Waals surface area contributed by atoms with Crippen LogP contribution in [0.4, 0.5) is 5.69 Å². The highest BCUT2D eigenvalue weighted by molar-refractivity contribution is 5.60. The monoisotopic (exact) mass is 148 g/mol. The van der Waals surface area contributed by atoms with Crippen molar-refractivity contribution in [3.63, 3.8) is 0 Å². The van der Waals surface area contributed by atoms with Crippen LogP contribution >= 0.6 is 0 Å². The van der Waals surface area contributed by atoms with E-state index in [-0.39, 0.29) is 0 Å². The molecule has 1 aromatic carbocycles. The topological polar surface area (TPSA) is 15.6 Å². The highest BCUT2D eigenvalue weighted by atomic mass is 15.1. The van der Waals surface area contributed by atoms with Crippen molar-refractivity contribution in [2.45, 2.75) is 0 Å². The van der Waals surface area contributed by atoms with E-state index in [9.17, 15) is 0 Å². The maximum absolute atomic E-state index is 4.21. The second kappa shape index (κ2) is 3.76. The molecule has 0 amide bonds. The summed E-state index contributed by atoms with van der Waals surface area (Å²) in [6, 6.07) is 9.87. The van der Waals surface area contributed by atoms with Gasteiger partial charge in [0, 0.05) is 14.1 Å². The van der Waals surface area contributed by atoms with E-state index in [4.69, 9.17) is 0 Å². The minimum absolute atomic E-state index is 0.987. The van der Waals surface area contributed by atoms with Gasteiger partial charge in [0.2, 0.25) is 0 Å². The van der Waals surface area contributed by atoms with E-state index in [1.165, 1.54) is 0 Å². The molecule has 0 radical (unpaired) electrons. The van der Waals surface area contributed by atoms with Gasteiger partial charge in [-0.25, -0.2) is 4.99 Å². The van der Waals surface area contributed by atoms with Crippen LogP contribution in [0.25, 0.3) is 0 Å². The fourth-order valence-corrected chi connectivity index (χ4v) is 0.696. The van der Waals surface area contributed by atoms with E-state index in [0.717, 1.165) is 5.69 Å². The minimum Gasteiger partial charge on any atom is -0.369 e. The molecule has 0 aliphatic carbocycles. The minimum atomic E-state index is 0.987. The molecule has 0 aliphatic heterocycles. The predicted octanol–water partition coefficient (Wildman–Crippen LogP) is 1.91. The Bertz CT molecular complexity index is 227. The first kappa shape index (κ1) is 7.79. The lowest BCUT2D eigenvalue weighted by Crippen LogP contribution is -2.06. The smallest absolute Gasteiger partial charge is 0.0907 e. The second-order valence-corrected chi connectivity index (χ2v) is 2.54. The third kappa shape index (κ3) is 2.85. The molecule has 0 N–H and O–H groups in total. The summed E-state index contributed by atoms with van der Waals surface area (Å²) in [6.07, 6.45) is 1.79. The van der Waals surface area contributed by atoms with E-state index in [0.29, 0.717) is 0 Å². The first-order chi connectivity index (χ1) is 5.29. The first-order valence-corrected chi connectivity index (χ1v) is 3.55. The average molecular weight is 148 g/mol. The van der Waals surface area contributed by atoms with Gasteiger partial charge in [-0.2, -0.15) is 0 Å². The fourth-order valence-electron chi connectivity index (χ4n) is 0.696. The van der Waals surface area contributed by atoms with Crippen molar-refractivity contribution in [2.75, 3.05) is 14.1 Å². The van der Waals surface area contributed by atoms with Gasteiger partial charge in [0.15, 0.2) is 0 Å². The molecule has 0 atom stereocenters. The number of nitrogens with zero attached hydrogens (tertiary/aromatic N) is 2. The third-order valence-electron chi connectivity index (χ3n) is 1.19. The van der Waals surface area contributed by atoms with Crippen molar-refractivity contribution in [3.05, 3.63) is 30.3 Å². The molecule has 2 nitrogen and oxygen atoms in total. The molecule has 1 aromatic rings. The summed E-state index contributed by atoms with van der Waals surface area (Å²) in [6.45, 7) is 0. The van der Waals surface area contributed by atoms with Gasteiger partial charge >= 0.3 is 0 Å². The lowest BCUT2D eigenvalue weighted by Gasteiger charge is -2.01. The highest BCUT2D eigenvalue weighted by Gasteiger charge is 1.82. The molecule has 11 heavy (non-hydrogen) atoms. The van der Waals surface area contributed by atoms with Crippen molar-refractivity contribution in [1.82, 2.24) is 4.90 Å². The molecule has 0 saturated heterocycles. The van der Waals surface area contributed by atoms with Crippen molar-refractivity contribution in [1.29, 1.82) is 0 Å². The summed E-state index contributed by atoms with van der Waals surface area (Å²) in [5, 5.41) is 0. The van der Waals surface area contributed by atoms with Gasteiger partial charge in [-0.05, 0) is 12.1 Å². The van der Waals surface area contributed by atoms with Gasteiger partial charge in [-0.3, -0.25) is 0 Å². The van der Waals surface area contributed by atoms with Gasteiger partial charge < -0.3 is 4.90 Å². The van der Waals surface area contributed by atoms with Gasteiger partial charge in [0.1, 0.15) is 0 Å². The number of rotatable bonds is 2. The van der Waals surface area contributed by atoms with E-state index < -0.39 is 0 Å². The van der Waals surface area contributed by atoms with Crippen molar-refractivity contribution in [3.8, 4) is 0 Å². The molecule has 0 fully saturated rings. The average Bonchev–Trinajstić information content (AvgIpc) is 2.03. The van der Waals surface area contributed by atoms with Crippen LogP contribution in [0.1, 0.15) is 0 Å². The van der Waals surface area contributed by atoms with E-state index in [1.54, 1.807) is 6.34 Å². The first-order valence-electron chi connectivity index (χ1n) is 3.55. The maximum Gasteiger partial charge on any atom is 0.0907 e. The normalized spacial score (nSPS) is 10.4. The van der Waals surface area contributed by atoms with Crippen molar-refractivity contribution < 1.29 is 0 Å². The van der Waals surface area contributed by atoms with Crippen LogP contribution in [0.15, 0.2) is 35.3 Å². The zero-order chi connectivity index (χ0) is 8.10. The zero-order valence-corrected chi connectivity index (χ0v) is 6.86. The van der Waals surface area contributed by atoms with E-state index in [2.05, 4.69) is 4.99 Å². The lowest BCUT2D eigenvalue weighted by molar-refractivity contribution is 0.643. The number of para-hydroxylation sites is 1. The number of aliphatic imine (C=N–C) groups is 1. The highest BCUT2D eigenvalue weighted by Crippen LogP contribution is 2.07. The predicted molar refractivity (Wildman–Crippen MR) is 48.3 cm³/mol. The van der Waals surface area contributed by atoms with Crippen LogP contribution in [0.2, 0.25) is 0 Å². The van der Waals surface area contributed by atoms with Crippen LogP contribution in [0.3, 0.4) is 0 Å². The Hall–Kier alpha value is -1.31. The SMILES string of the molecule is CN(C)/C=N\c1ccccc1. The molecule has 0 aromatic heterocycles. The standard InChI is InChI=1S/C9H12N2/c1-11(2)8-10-9-6-4-3-5-7-9/h3-8H,1-2H3/b10-8-. The molecule has 1 rings (SSSR count). The van der Waals surface area contributed by atoms with E-state index >= 15 is 0 Å². The Morgan fingerprint density at radius 3 is 2.36 bits per heavy atom.